The summed E-state index contributed by atoms with van der Waals surface area (Å²) in [5, 5.41) is 0. The number of hydrogen-bond acceptors (Lipinski definition) is 1. The van der Waals surface area contributed by atoms with E-state index in [0.717, 1.165) is 6.42 Å². The highest BCUT2D eigenvalue weighted by Gasteiger charge is 2.59. The van der Waals surface area contributed by atoms with Crippen LogP contribution in [0.2, 0.25) is 0 Å². The van der Waals surface area contributed by atoms with Crippen LogP contribution in [0.25, 0.3) is 0 Å². The third kappa shape index (κ3) is 2.13. The van der Waals surface area contributed by atoms with E-state index in [2.05, 4.69) is 0 Å². The van der Waals surface area contributed by atoms with Crippen molar-refractivity contribution in [3.8, 4) is 0 Å². The normalized spacial score (nSPS) is 24.6. The molecule has 3 rings (SSSR count). The Kier molecular flexibility index (Phi) is 3.31. The van der Waals surface area contributed by atoms with Crippen molar-refractivity contribution >= 4 is 5.91 Å². The van der Waals surface area contributed by atoms with E-state index in [1.807, 2.05) is 13.0 Å². The Morgan fingerprint density at radius 1 is 1.35 bits per heavy atom. The highest BCUT2D eigenvalue weighted by Crippen LogP contribution is 2.63. The van der Waals surface area contributed by atoms with Crippen LogP contribution in [-0.2, 0) is 4.79 Å². The minimum Gasteiger partial charge on any atom is -0.339 e. The van der Waals surface area contributed by atoms with E-state index in [-0.39, 0.29) is 23.7 Å². The Morgan fingerprint density at radius 2 is 2.00 bits per heavy atom. The molecule has 0 aliphatic heterocycles. The first kappa shape index (κ1) is 13.6. The molecule has 2 aliphatic carbocycles. The Hall–Kier alpha value is -1.38. The quantitative estimate of drug-likeness (QED) is 0.818. The van der Waals surface area contributed by atoms with E-state index in [9.17, 15) is 9.18 Å². The van der Waals surface area contributed by atoms with Crippen LogP contribution in [0, 0.1) is 17.2 Å². The molecule has 1 amide bonds. The molecular formula is C17H22FNO. The molecule has 3 heteroatoms. The lowest BCUT2D eigenvalue weighted by Gasteiger charge is -2.26. The molecule has 2 saturated carbocycles. The van der Waals surface area contributed by atoms with E-state index in [4.69, 9.17) is 0 Å². The fourth-order valence-corrected chi connectivity index (χ4v) is 3.79. The van der Waals surface area contributed by atoms with Gasteiger partial charge in [0.05, 0.1) is 6.04 Å². The molecule has 0 saturated heterocycles. The molecule has 1 aromatic carbocycles. The number of carbonyl (C=O) groups excluding carboxylic acids is 1. The first-order valence-corrected chi connectivity index (χ1v) is 7.56. The lowest BCUT2D eigenvalue weighted by Crippen LogP contribution is -2.32. The van der Waals surface area contributed by atoms with E-state index in [1.165, 1.54) is 31.7 Å². The topological polar surface area (TPSA) is 20.3 Å². The Morgan fingerprint density at radius 3 is 2.65 bits per heavy atom. The summed E-state index contributed by atoms with van der Waals surface area (Å²) in [5.74, 6) is 0.151. The molecule has 2 nitrogen and oxygen atoms in total. The average Bonchev–Trinajstić information content (AvgIpc) is 2.94. The summed E-state index contributed by atoms with van der Waals surface area (Å²) in [6.45, 7) is 1.90. The smallest absolute Gasteiger partial charge is 0.226 e. The van der Waals surface area contributed by atoms with Gasteiger partial charge in [0.15, 0.2) is 0 Å². The van der Waals surface area contributed by atoms with Crippen molar-refractivity contribution in [2.24, 2.45) is 11.3 Å². The van der Waals surface area contributed by atoms with Crippen LogP contribution in [0.3, 0.4) is 0 Å². The largest absolute Gasteiger partial charge is 0.339 e. The van der Waals surface area contributed by atoms with Gasteiger partial charge in [0.2, 0.25) is 5.91 Å². The monoisotopic (exact) mass is 275 g/mol. The van der Waals surface area contributed by atoms with Crippen molar-refractivity contribution in [3.05, 3.63) is 35.6 Å². The molecule has 0 heterocycles. The van der Waals surface area contributed by atoms with Crippen LogP contribution in [0.5, 0.6) is 0 Å². The minimum atomic E-state index is -0.231. The zero-order valence-electron chi connectivity index (χ0n) is 12.2. The van der Waals surface area contributed by atoms with Crippen molar-refractivity contribution in [2.75, 3.05) is 7.05 Å². The molecule has 2 unspecified atom stereocenters. The van der Waals surface area contributed by atoms with Crippen LogP contribution in [0.15, 0.2) is 24.3 Å². The number of amides is 1. The summed E-state index contributed by atoms with van der Waals surface area (Å²) >= 11 is 0. The number of nitrogens with zero attached hydrogens (tertiary/aromatic N) is 1. The van der Waals surface area contributed by atoms with Gasteiger partial charge >= 0.3 is 0 Å². The molecule has 1 spiro atoms. The second-order valence-electron chi connectivity index (χ2n) is 6.47. The van der Waals surface area contributed by atoms with Crippen molar-refractivity contribution in [3.63, 3.8) is 0 Å². The highest BCUT2D eigenvalue weighted by molar-refractivity contribution is 5.83. The maximum absolute atomic E-state index is 13.8. The first-order valence-electron chi connectivity index (χ1n) is 7.56. The van der Waals surface area contributed by atoms with Gasteiger partial charge in [-0.25, -0.2) is 4.39 Å². The second-order valence-corrected chi connectivity index (χ2v) is 6.47. The second kappa shape index (κ2) is 4.87. The Bertz CT molecular complexity index is 521. The SMILES string of the molecule is CC(c1ccccc1F)N(C)C(=O)C1CC12CCCC2. The van der Waals surface area contributed by atoms with Crippen LogP contribution < -0.4 is 0 Å². The van der Waals surface area contributed by atoms with Crippen LogP contribution >= 0.6 is 0 Å². The third-order valence-electron chi connectivity index (χ3n) is 5.37. The van der Waals surface area contributed by atoms with Crippen LogP contribution in [-0.4, -0.2) is 17.9 Å². The van der Waals surface area contributed by atoms with E-state index in [1.54, 1.807) is 24.1 Å². The summed E-state index contributed by atoms with van der Waals surface area (Å²) < 4.78 is 13.8. The molecule has 2 fully saturated rings. The number of hydrogen-bond donors (Lipinski definition) is 0. The van der Waals surface area contributed by atoms with Crippen molar-refractivity contribution in [2.45, 2.75) is 45.1 Å². The molecule has 1 aromatic rings. The van der Waals surface area contributed by atoms with Gasteiger partial charge in [0.25, 0.3) is 0 Å². The Balaban J connectivity index is 1.71. The molecule has 2 aliphatic rings. The summed E-state index contributed by atoms with van der Waals surface area (Å²) in [7, 11) is 1.81. The lowest BCUT2D eigenvalue weighted by molar-refractivity contribution is -0.134. The maximum Gasteiger partial charge on any atom is 0.226 e. The fraction of sp³-hybridized carbons (Fsp3) is 0.588. The van der Waals surface area contributed by atoms with E-state index in [0.29, 0.717) is 11.0 Å². The number of halogens is 1. The van der Waals surface area contributed by atoms with Crippen molar-refractivity contribution in [1.29, 1.82) is 0 Å². The average molecular weight is 275 g/mol. The van der Waals surface area contributed by atoms with Gasteiger partial charge < -0.3 is 4.90 Å². The lowest BCUT2D eigenvalue weighted by atomic mass is 10.0. The van der Waals surface area contributed by atoms with E-state index < -0.39 is 0 Å². The predicted molar refractivity (Wildman–Crippen MR) is 76.6 cm³/mol. The Labute approximate surface area is 120 Å². The van der Waals surface area contributed by atoms with Gasteiger partial charge in [-0.15, -0.1) is 0 Å². The molecule has 20 heavy (non-hydrogen) atoms. The molecule has 0 aromatic heterocycles. The van der Waals surface area contributed by atoms with Gasteiger partial charge in [-0.3, -0.25) is 4.79 Å². The molecular weight excluding hydrogens is 253 g/mol. The summed E-state index contributed by atoms with van der Waals surface area (Å²) in [5.41, 5.74) is 0.907. The third-order valence-corrected chi connectivity index (χ3v) is 5.37. The van der Waals surface area contributed by atoms with Gasteiger partial charge in [0.1, 0.15) is 5.82 Å². The van der Waals surface area contributed by atoms with Crippen molar-refractivity contribution < 1.29 is 9.18 Å². The van der Waals surface area contributed by atoms with Crippen LogP contribution in [0.1, 0.15) is 50.6 Å². The number of rotatable bonds is 3. The molecule has 0 radical (unpaired) electrons. The highest BCUT2D eigenvalue weighted by atomic mass is 19.1. The van der Waals surface area contributed by atoms with Gasteiger partial charge in [-0.2, -0.15) is 0 Å². The van der Waals surface area contributed by atoms with Crippen LogP contribution in [0.4, 0.5) is 4.39 Å². The predicted octanol–water partition coefficient (Wildman–Crippen LogP) is 3.93. The minimum absolute atomic E-state index is 0.184. The molecule has 108 valence electrons. The van der Waals surface area contributed by atoms with Gasteiger partial charge in [-0.1, -0.05) is 31.0 Å². The number of carbonyl (C=O) groups is 1. The van der Waals surface area contributed by atoms with Crippen molar-refractivity contribution in [1.82, 2.24) is 4.90 Å². The maximum atomic E-state index is 13.8. The molecule has 0 bridgehead atoms. The standard InChI is InChI=1S/C17H22FNO/c1-12(13-7-3-4-8-15(13)18)19(2)16(20)14-11-17(14)9-5-6-10-17/h3-4,7-8,12,14H,5-6,9-11H2,1-2H3. The van der Waals surface area contributed by atoms with Gasteiger partial charge in [-0.05, 0) is 37.7 Å². The summed E-state index contributed by atoms with van der Waals surface area (Å²) in [6, 6.07) is 6.52. The number of benzene rings is 1. The fourth-order valence-electron chi connectivity index (χ4n) is 3.79. The van der Waals surface area contributed by atoms with E-state index >= 15 is 0 Å². The molecule has 0 N–H and O–H groups in total. The molecule has 2 atom stereocenters. The first-order chi connectivity index (χ1) is 9.55. The summed E-state index contributed by atoms with van der Waals surface area (Å²) in [6.07, 6.45) is 5.96. The summed E-state index contributed by atoms with van der Waals surface area (Å²) in [4.78, 5) is 14.3. The zero-order chi connectivity index (χ0) is 14.3. The zero-order valence-corrected chi connectivity index (χ0v) is 12.2. The van der Waals surface area contributed by atoms with Gasteiger partial charge in [0, 0.05) is 18.5 Å².